The van der Waals surface area contributed by atoms with Gasteiger partial charge in [0.1, 0.15) is 10.5 Å². The predicted molar refractivity (Wildman–Crippen MR) is 141 cm³/mol. The Morgan fingerprint density at radius 1 is 1.00 bits per heavy atom. The standard InChI is InChI=1S/C29H32N2O4S/c1-6-34-26(32)23-19(4)31-29(5,28-30-22(17-36-28)21-16-12-11-13-18(21)3)25(27(33)35-7-2)24(23)20-14-9-8-10-15-20/h8-17,24-25,31H,6-7H2,1-5H3. The fourth-order valence-corrected chi connectivity index (χ4v) is 6.04. The SMILES string of the molecule is CCOC(=O)C1=C(C)NC(C)(c2nc(-c3ccccc3C)cs2)C(C(=O)OCC)C1c1ccccc1. The van der Waals surface area contributed by atoms with Crippen LogP contribution >= 0.6 is 11.3 Å². The fourth-order valence-electron chi connectivity index (χ4n) is 5.06. The van der Waals surface area contributed by atoms with Crippen LogP contribution in [0.3, 0.4) is 0 Å². The molecule has 0 amide bonds. The number of aryl methyl sites for hydroxylation is 1. The van der Waals surface area contributed by atoms with Crippen molar-refractivity contribution in [2.24, 2.45) is 5.92 Å². The Hall–Kier alpha value is -3.45. The molecule has 4 rings (SSSR count). The molecule has 3 aromatic rings. The van der Waals surface area contributed by atoms with Crippen molar-refractivity contribution < 1.29 is 19.1 Å². The lowest BCUT2D eigenvalue weighted by molar-refractivity contribution is -0.152. The molecule has 2 heterocycles. The molecule has 0 aliphatic carbocycles. The van der Waals surface area contributed by atoms with Gasteiger partial charge in [0.25, 0.3) is 0 Å². The van der Waals surface area contributed by atoms with Crippen molar-refractivity contribution in [3.05, 3.63) is 87.4 Å². The van der Waals surface area contributed by atoms with Crippen molar-refractivity contribution in [3.8, 4) is 11.3 Å². The molecular formula is C29H32N2O4S. The number of carbonyl (C=O) groups is 2. The highest BCUT2D eigenvalue weighted by molar-refractivity contribution is 7.10. The normalized spacial score (nSPS) is 21.6. The van der Waals surface area contributed by atoms with Gasteiger partial charge in [0.15, 0.2) is 0 Å². The first-order valence-corrected chi connectivity index (χ1v) is 13.1. The van der Waals surface area contributed by atoms with Crippen molar-refractivity contribution in [1.29, 1.82) is 0 Å². The summed E-state index contributed by atoms with van der Waals surface area (Å²) in [7, 11) is 0. The van der Waals surface area contributed by atoms with E-state index < -0.39 is 23.3 Å². The number of benzene rings is 2. The molecule has 1 N–H and O–H groups in total. The van der Waals surface area contributed by atoms with Crippen LogP contribution in [0.4, 0.5) is 0 Å². The van der Waals surface area contributed by atoms with Crippen molar-refractivity contribution in [2.75, 3.05) is 13.2 Å². The van der Waals surface area contributed by atoms with Gasteiger partial charge in [-0.2, -0.15) is 0 Å². The minimum atomic E-state index is -0.918. The molecule has 0 saturated heterocycles. The maximum Gasteiger partial charge on any atom is 0.336 e. The van der Waals surface area contributed by atoms with Gasteiger partial charge in [-0.15, -0.1) is 11.3 Å². The zero-order chi connectivity index (χ0) is 25.9. The highest BCUT2D eigenvalue weighted by Gasteiger charge is 2.54. The molecule has 1 aliphatic heterocycles. The lowest BCUT2D eigenvalue weighted by Gasteiger charge is -2.45. The van der Waals surface area contributed by atoms with Gasteiger partial charge in [-0.1, -0.05) is 54.6 Å². The minimum absolute atomic E-state index is 0.233. The largest absolute Gasteiger partial charge is 0.466 e. The molecule has 36 heavy (non-hydrogen) atoms. The number of nitrogens with one attached hydrogen (secondary N) is 1. The number of allylic oxidation sites excluding steroid dienone is 1. The van der Waals surface area contributed by atoms with Gasteiger partial charge in [-0.25, -0.2) is 9.78 Å². The number of aromatic nitrogens is 1. The van der Waals surface area contributed by atoms with Gasteiger partial charge in [0, 0.05) is 22.6 Å². The highest BCUT2D eigenvalue weighted by Crippen LogP contribution is 2.49. The lowest BCUT2D eigenvalue weighted by Crippen LogP contribution is -2.55. The summed E-state index contributed by atoms with van der Waals surface area (Å²) < 4.78 is 11.0. The molecule has 1 aromatic heterocycles. The summed E-state index contributed by atoms with van der Waals surface area (Å²) in [6.45, 7) is 9.92. The zero-order valence-corrected chi connectivity index (χ0v) is 22.1. The number of hydrogen-bond donors (Lipinski definition) is 1. The van der Waals surface area contributed by atoms with Gasteiger partial charge >= 0.3 is 11.9 Å². The lowest BCUT2D eigenvalue weighted by atomic mass is 9.67. The fraction of sp³-hybridized carbons (Fsp3) is 0.345. The second-order valence-electron chi connectivity index (χ2n) is 9.06. The number of hydrogen-bond acceptors (Lipinski definition) is 7. The first kappa shape index (κ1) is 25.6. The number of nitrogens with zero attached hydrogens (tertiary/aromatic N) is 1. The van der Waals surface area contributed by atoms with E-state index in [0.29, 0.717) is 11.3 Å². The number of ether oxygens (including phenoxy) is 2. The Kier molecular flexibility index (Phi) is 7.59. The molecule has 7 heteroatoms. The van der Waals surface area contributed by atoms with Gasteiger partial charge in [0.05, 0.1) is 30.4 Å². The van der Waals surface area contributed by atoms with Gasteiger partial charge in [0.2, 0.25) is 0 Å². The maximum atomic E-state index is 13.7. The minimum Gasteiger partial charge on any atom is -0.466 e. The van der Waals surface area contributed by atoms with E-state index in [-0.39, 0.29) is 19.2 Å². The van der Waals surface area contributed by atoms with Gasteiger partial charge < -0.3 is 14.8 Å². The Bertz CT molecular complexity index is 1280. The molecule has 0 saturated carbocycles. The average molecular weight is 505 g/mol. The Morgan fingerprint density at radius 3 is 2.33 bits per heavy atom. The van der Waals surface area contributed by atoms with E-state index in [1.54, 1.807) is 13.8 Å². The number of rotatable bonds is 7. The van der Waals surface area contributed by atoms with Crippen LogP contribution < -0.4 is 5.32 Å². The van der Waals surface area contributed by atoms with Crippen LogP contribution in [0, 0.1) is 12.8 Å². The Morgan fingerprint density at radius 2 is 1.67 bits per heavy atom. The smallest absolute Gasteiger partial charge is 0.336 e. The van der Waals surface area contributed by atoms with Crippen LogP contribution in [0.25, 0.3) is 11.3 Å². The van der Waals surface area contributed by atoms with E-state index in [0.717, 1.165) is 27.4 Å². The molecule has 3 unspecified atom stereocenters. The summed E-state index contributed by atoms with van der Waals surface area (Å²) in [6.07, 6.45) is 0. The number of esters is 2. The van der Waals surface area contributed by atoms with E-state index in [2.05, 4.69) is 18.3 Å². The van der Waals surface area contributed by atoms with Crippen molar-refractivity contribution in [3.63, 3.8) is 0 Å². The molecule has 6 nitrogen and oxygen atoms in total. The summed E-state index contributed by atoms with van der Waals surface area (Å²) in [6, 6.07) is 17.7. The van der Waals surface area contributed by atoms with E-state index in [9.17, 15) is 9.59 Å². The molecule has 0 fully saturated rings. The second kappa shape index (κ2) is 10.7. The van der Waals surface area contributed by atoms with Crippen molar-refractivity contribution in [2.45, 2.75) is 46.1 Å². The first-order chi connectivity index (χ1) is 17.3. The summed E-state index contributed by atoms with van der Waals surface area (Å²) in [5, 5.41) is 6.26. The summed E-state index contributed by atoms with van der Waals surface area (Å²) in [5.74, 6) is -2.14. The predicted octanol–water partition coefficient (Wildman–Crippen LogP) is 5.74. The summed E-state index contributed by atoms with van der Waals surface area (Å²) >= 11 is 1.50. The molecule has 1 aliphatic rings. The van der Waals surface area contributed by atoms with Crippen LogP contribution in [-0.4, -0.2) is 30.1 Å². The second-order valence-corrected chi connectivity index (χ2v) is 9.92. The van der Waals surface area contributed by atoms with Crippen LogP contribution in [0.15, 0.2) is 71.2 Å². The topological polar surface area (TPSA) is 77.5 Å². The first-order valence-electron chi connectivity index (χ1n) is 12.2. The van der Waals surface area contributed by atoms with E-state index in [1.165, 1.54) is 11.3 Å². The molecule has 2 aromatic carbocycles. The molecule has 0 bridgehead atoms. The third kappa shape index (κ3) is 4.67. The van der Waals surface area contributed by atoms with Crippen LogP contribution in [0.1, 0.15) is 49.7 Å². The third-order valence-corrected chi connectivity index (χ3v) is 7.76. The van der Waals surface area contributed by atoms with Crippen molar-refractivity contribution in [1.82, 2.24) is 10.3 Å². The van der Waals surface area contributed by atoms with Crippen LogP contribution in [-0.2, 0) is 24.6 Å². The van der Waals surface area contributed by atoms with Crippen molar-refractivity contribution >= 4 is 23.3 Å². The summed E-state index contributed by atoms with van der Waals surface area (Å²) in [4.78, 5) is 31.9. The van der Waals surface area contributed by atoms with E-state index in [4.69, 9.17) is 14.5 Å². The quantitative estimate of drug-likeness (QED) is 0.414. The molecular weight excluding hydrogens is 472 g/mol. The number of thiazole rings is 1. The van der Waals surface area contributed by atoms with Gasteiger partial charge in [-0.05, 0) is 45.7 Å². The van der Waals surface area contributed by atoms with Crippen LogP contribution in [0.5, 0.6) is 0 Å². The summed E-state index contributed by atoms with van der Waals surface area (Å²) in [5.41, 5.74) is 4.06. The molecule has 0 radical (unpaired) electrons. The molecule has 3 atom stereocenters. The average Bonchev–Trinajstić information content (AvgIpc) is 3.35. The van der Waals surface area contributed by atoms with E-state index in [1.807, 2.05) is 67.8 Å². The number of carbonyl (C=O) groups excluding carboxylic acids is 2. The maximum absolute atomic E-state index is 13.7. The zero-order valence-electron chi connectivity index (χ0n) is 21.3. The van der Waals surface area contributed by atoms with Crippen LogP contribution in [0.2, 0.25) is 0 Å². The molecule has 188 valence electrons. The monoisotopic (exact) mass is 504 g/mol. The molecule has 0 spiro atoms. The van der Waals surface area contributed by atoms with Gasteiger partial charge in [-0.3, -0.25) is 4.79 Å². The Balaban J connectivity index is 1.92. The van der Waals surface area contributed by atoms with E-state index >= 15 is 0 Å². The highest BCUT2D eigenvalue weighted by atomic mass is 32.1. The third-order valence-electron chi connectivity index (χ3n) is 6.68. The Labute approximate surface area is 216 Å².